The van der Waals surface area contributed by atoms with Gasteiger partial charge in [-0.3, -0.25) is 9.59 Å². The molecule has 0 saturated carbocycles. The zero-order chi connectivity index (χ0) is 22.0. The highest BCUT2D eigenvalue weighted by Crippen LogP contribution is 2.28. The van der Waals surface area contributed by atoms with Crippen molar-refractivity contribution in [2.24, 2.45) is 0 Å². The molecule has 31 heavy (non-hydrogen) atoms. The molecule has 0 unspecified atom stereocenters. The molecule has 3 aromatic rings. The molecule has 1 aliphatic rings. The quantitative estimate of drug-likeness (QED) is 0.682. The van der Waals surface area contributed by atoms with Crippen LogP contribution in [0.3, 0.4) is 0 Å². The van der Waals surface area contributed by atoms with Crippen LogP contribution in [0.1, 0.15) is 20.8 Å². The molecule has 2 amide bonds. The van der Waals surface area contributed by atoms with E-state index in [2.05, 4.69) is 4.98 Å². The molecule has 2 heterocycles. The molecule has 0 radical (unpaired) electrons. The van der Waals surface area contributed by atoms with E-state index in [4.69, 9.17) is 14.2 Å². The number of rotatable bonds is 5. The number of ether oxygens (including phenoxy) is 3. The average molecular weight is 423 g/mol. The molecule has 1 saturated heterocycles. The molecule has 1 N–H and O–H groups in total. The number of aromatic nitrogens is 1. The maximum atomic E-state index is 13.0. The van der Waals surface area contributed by atoms with Gasteiger partial charge >= 0.3 is 0 Å². The summed E-state index contributed by atoms with van der Waals surface area (Å²) < 4.78 is 15.8. The normalized spacial score (nSPS) is 13.9. The number of piperazine rings is 1. The SMILES string of the molecule is COc1ccc2[nH]c(C(=O)N3CCN(C(=O)c4ccc(OC)c(OC)c4)CC3)cc2c1. The van der Waals surface area contributed by atoms with E-state index in [1.807, 2.05) is 24.3 Å². The zero-order valence-corrected chi connectivity index (χ0v) is 17.8. The van der Waals surface area contributed by atoms with Crippen LogP contribution < -0.4 is 14.2 Å². The van der Waals surface area contributed by atoms with Gasteiger partial charge in [0.05, 0.1) is 21.3 Å². The van der Waals surface area contributed by atoms with Crippen LogP contribution >= 0.6 is 0 Å². The second-order valence-electron chi connectivity index (χ2n) is 7.29. The Labute approximate surface area is 180 Å². The van der Waals surface area contributed by atoms with Crippen LogP contribution in [-0.4, -0.2) is 74.1 Å². The average Bonchev–Trinajstić information content (AvgIpc) is 3.26. The molecule has 1 fully saturated rings. The summed E-state index contributed by atoms with van der Waals surface area (Å²) in [5.41, 5.74) is 1.94. The molecule has 0 spiro atoms. The van der Waals surface area contributed by atoms with Crippen molar-refractivity contribution in [1.29, 1.82) is 0 Å². The highest BCUT2D eigenvalue weighted by molar-refractivity contribution is 5.99. The lowest BCUT2D eigenvalue weighted by Crippen LogP contribution is -2.50. The first kappa shape index (κ1) is 20.6. The molecule has 0 bridgehead atoms. The van der Waals surface area contributed by atoms with Crippen molar-refractivity contribution in [3.05, 3.63) is 53.7 Å². The van der Waals surface area contributed by atoms with Gasteiger partial charge in [-0.25, -0.2) is 0 Å². The van der Waals surface area contributed by atoms with Crippen molar-refractivity contribution < 1.29 is 23.8 Å². The first-order valence-corrected chi connectivity index (χ1v) is 10.0. The van der Waals surface area contributed by atoms with Crippen LogP contribution in [0.5, 0.6) is 17.2 Å². The number of amides is 2. The van der Waals surface area contributed by atoms with Gasteiger partial charge in [0, 0.05) is 42.6 Å². The smallest absolute Gasteiger partial charge is 0.270 e. The predicted molar refractivity (Wildman–Crippen MR) is 116 cm³/mol. The lowest BCUT2D eigenvalue weighted by Gasteiger charge is -2.34. The van der Waals surface area contributed by atoms with E-state index in [1.165, 1.54) is 7.11 Å². The molecule has 8 heteroatoms. The topological polar surface area (TPSA) is 84.1 Å². The minimum absolute atomic E-state index is 0.0756. The molecular weight excluding hydrogens is 398 g/mol. The summed E-state index contributed by atoms with van der Waals surface area (Å²) in [6.07, 6.45) is 0. The minimum atomic E-state index is -0.0919. The van der Waals surface area contributed by atoms with Crippen LogP contribution in [0.2, 0.25) is 0 Å². The Morgan fingerprint density at radius 1 is 0.774 bits per heavy atom. The number of benzene rings is 2. The Hall–Kier alpha value is -3.68. The molecular formula is C23H25N3O5. The largest absolute Gasteiger partial charge is 0.497 e. The van der Waals surface area contributed by atoms with Crippen LogP contribution in [0.4, 0.5) is 0 Å². The maximum Gasteiger partial charge on any atom is 0.270 e. The van der Waals surface area contributed by atoms with E-state index >= 15 is 0 Å². The number of carbonyl (C=O) groups excluding carboxylic acids is 2. The van der Waals surface area contributed by atoms with E-state index in [0.29, 0.717) is 48.9 Å². The minimum Gasteiger partial charge on any atom is -0.497 e. The number of aromatic amines is 1. The lowest BCUT2D eigenvalue weighted by atomic mass is 10.1. The summed E-state index contributed by atoms with van der Waals surface area (Å²) >= 11 is 0. The molecule has 1 aromatic heterocycles. The third-order valence-corrected chi connectivity index (χ3v) is 5.54. The van der Waals surface area contributed by atoms with E-state index in [-0.39, 0.29) is 11.8 Å². The van der Waals surface area contributed by atoms with Crippen LogP contribution in [0.15, 0.2) is 42.5 Å². The number of fused-ring (bicyclic) bond motifs is 1. The van der Waals surface area contributed by atoms with Crippen molar-refractivity contribution in [1.82, 2.24) is 14.8 Å². The van der Waals surface area contributed by atoms with Gasteiger partial charge in [-0.2, -0.15) is 0 Å². The van der Waals surface area contributed by atoms with Gasteiger partial charge in [-0.05, 0) is 42.5 Å². The number of hydrogen-bond acceptors (Lipinski definition) is 5. The number of methoxy groups -OCH3 is 3. The summed E-state index contributed by atoms with van der Waals surface area (Å²) in [4.78, 5) is 32.5. The van der Waals surface area contributed by atoms with E-state index in [9.17, 15) is 9.59 Å². The second kappa shape index (κ2) is 8.59. The molecule has 0 atom stereocenters. The van der Waals surface area contributed by atoms with Crippen LogP contribution in [0.25, 0.3) is 10.9 Å². The Morgan fingerprint density at radius 3 is 2.10 bits per heavy atom. The van der Waals surface area contributed by atoms with Crippen LogP contribution in [-0.2, 0) is 0 Å². The molecule has 8 nitrogen and oxygen atoms in total. The van der Waals surface area contributed by atoms with Crippen molar-refractivity contribution >= 4 is 22.7 Å². The fourth-order valence-corrected chi connectivity index (χ4v) is 3.79. The second-order valence-corrected chi connectivity index (χ2v) is 7.29. The van der Waals surface area contributed by atoms with Gasteiger partial charge in [0.2, 0.25) is 0 Å². The molecule has 162 valence electrons. The van der Waals surface area contributed by atoms with Gasteiger partial charge in [0.1, 0.15) is 11.4 Å². The van der Waals surface area contributed by atoms with E-state index in [0.717, 1.165) is 16.7 Å². The summed E-state index contributed by atoms with van der Waals surface area (Å²) in [5, 5.41) is 0.921. The molecule has 1 aliphatic heterocycles. The standard InChI is InChI=1S/C23H25N3O5/c1-29-17-5-6-18-16(12-17)13-19(24-18)23(28)26-10-8-25(9-11-26)22(27)15-4-7-20(30-2)21(14-15)31-3/h4-7,12-14,24H,8-11H2,1-3H3. The number of carbonyl (C=O) groups is 2. The highest BCUT2D eigenvalue weighted by Gasteiger charge is 2.27. The summed E-state index contributed by atoms with van der Waals surface area (Å²) in [7, 11) is 4.71. The third kappa shape index (κ3) is 4.01. The van der Waals surface area contributed by atoms with Crippen molar-refractivity contribution in [2.45, 2.75) is 0 Å². The molecule has 0 aliphatic carbocycles. The zero-order valence-electron chi connectivity index (χ0n) is 17.8. The van der Waals surface area contributed by atoms with Gasteiger partial charge in [-0.1, -0.05) is 0 Å². The van der Waals surface area contributed by atoms with Crippen molar-refractivity contribution in [2.75, 3.05) is 47.5 Å². The van der Waals surface area contributed by atoms with Crippen molar-refractivity contribution in [3.63, 3.8) is 0 Å². The highest BCUT2D eigenvalue weighted by atomic mass is 16.5. The lowest BCUT2D eigenvalue weighted by molar-refractivity contribution is 0.0532. The maximum absolute atomic E-state index is 13.0. The Kier molecular flexibility index (Phi) is 5.70. The Morgan fingerprint density at radius 2 is 1.45 bits per heavy atom. The predicted octanol–water partition coefficient (Wildman–Crippen LogP) is 2.79. The van der Waals surface area contributed by atoms with E-state index < -0.39 is 0 Å². The Balaban J connectivity index is 1.42. The monoisotopic (exact) mass is 423 g/mol. The molecule has 2 aromatic carbocycles. The van der Waals surface area contributed by atoms with Crippen LogP contribution in [0, 0.1) is 0 Å². The summed E-state index contributed by atoms with van der Waals surface area (Å²) in [5.74, 6) is 1.66. The number of H-pyrrole nitrogens is 1. The molecule has 4 rings (SSSR count). The summed E-state index contributed by atoms with van der Waals surface area (Å²) in [6, 6.07) is 12.6. The van der Waals surface area contributed by atoms with E-state index in [1.54, 1.807) is 42.2 Å². The fraction of sp³-hybridized carbons (Fsp3) is 0.304. The Bertz CT molecular complexity index is 1120. The third-order valence-electron chi connectivity index (χ3n) is 5.54. The van der Waals surface area contributed by atoms with Gasteiger partial charge in [0.25, 0.3) is 11.8 Å². The van der Waals surface area contributed by atoms with Gasteiger partial charge in [0.15, 0.2) is 11.5 Å². The first-order chi connectivity index (χ1) is 15.0. The first-order valence-electron chi connectivity index (χ1n) is 10.0. The number of hydrogen-bond donors (Lipinski definition) is 1. The number of nitrogens with zero attached hydrogens (tertiary/aromatic N) is 2. The van der Waals surface area contributed by atoms with Crippen molar-refractivity contribution in [3.8, 4) is 17.2 Å². The fourth-order valence-electron chi connectivity index (χ4n) is 3.79. The van der Waals surface area contributed by atoms with Gasteiger partial charge in [-0.15, -0.1) is 0 Å². The van der Waals surface area contributed by atoms with Gasteiger partial charge < -0.3 is 29.0 Å². The summed E-state index contributed by atoms with van der Waals surface area (Å²) in [6.45, 7) is 1.87. The number of nitrogens with one attached hydrogen (secondary N) is 1.